The van der Waals surface area contributed by atoms with Gasteiger partial charge in [0.05, 0.1) is 12.8 Å². The summed E-state index contributed by atoms with van der Waals surface area (Å²) in [6.45, 7) is -0.0389. The van der Waals surface area contributed by atoms with Crippen LogP contribution in [0.2, 0.25) is 0 Å². The summed E-state index contributed by atoms with van der Waals surface area (Å²) in [6, 6.07) is 7.25. The van der Waals surface area contributed by atoms with Gasteiger partial charge in [0.2, 0.25) is 0 Å². The molecule has 2 aromatic heterocycles. The molecule has 2 heterocycles. The lowest BCUT2D eigenvalue weighted by Crippen LogP contribution is -2.27. The maximum atomic E-state index is 11.4. The predicted octanol–water partition coefficient (Wildman–Crippen LogP) is 2.21. The molecule has 2 rings (SSSR count). The van der Waals surface area contributed by atoms with Crippen LogP contribution in [-0.4, -0.2) is 18.5 Å². The summed E-state index contributed by atoms with van der Waals surface area (Å²) >= 11 is 1.51. The minimum atomic E-state index is -0.549. The fourth-order valence-electron chi connectivity index (χ4n) is 1.37. The molecule has 0 bridgehead atoms. The van der Waals surface area contributed by atoms with Crippen LogP contribution < -0.4 is 5.32 Å². The smallest absolute Gasteiger partial charge is 0.331 e. The lowest BCUT2D eigenvalue weighted by molar-refractivity contribution is -0.143. The standard InChI is InChI=1S/C14H13NO4S/c16-13(15-9-11-3-1-7-18-11)10-19-14(17)6-5-12-4-2-8-20-12/h1-8H,9-10H2,(H,15,16)/b6-5+. The number of ether oxygens (including phenoxy) is 1. The third kappa shape index (κ3) is 4.74. The molecule has 2 aromatic rings. The average molecular weight is 291 g/mol. The molecule has 5 nitrogen and oxygen atoms in total. The van der Waals surface area contributed by atoms with Crippen LogP contribution in [0.1, 0.15) is 10.6 Å². The van der Waals surface area contributed by atoms with Crippen molar-refractivity contribution in [3.05, 3.63) is 52.6 Å². The Labute approximate surface area is 119 Å². The van der Waals surface area contributed by atoms with Crippen LogP contribution in [0.4, 0.5) is 0 Å². The van der Waals surface area contributed by atoms with Crippen molar-refractivity contribution >= 4 is 29.3 Å². The Morgan fingerprint density at radius 2 is 2.25 bits per heavy atom. The van der Waals surface area contributed by atoms with E-state index < -0.39 is 5.97 Å². The molecule has 0 atom stereocenters. The van der Waals surface area contributed by atoms with E-state index in [1.807, 2.05) is 17.5 Å². The maximum Gasteiger partial charge on any atom is 0.331 e. The Morgan fingerprint density at radius 3 is 2.95 bits per heavy atom. The Kier molecular flexibility index (Phi) is 5.14. The number of rotatable bonds is 6. The van der Waals surface area contributed by atoms with Crippen LogP contribution in [0.3, 0.4) is 0 Å². The van der Waals surface area contributed by atoms with E-state index in [1.165, 1.54) is 23.7 Å². The number of carbonyl (C=O) groups excluding carboxylic acids is 2. The highest BCUT2D eigenvalue weighted by molar-refractivity contribution is 7.10. The first-order chi connectivity index (χ1) is 9.74. The van der Waals surface area contributed by atoms with E-state index in [-0.39, 0.29) is 19.1 Å². The summed E-state index contributed by atoms with van der Waals surface area (Å²) in [6.07, 6.45) is 4.47. The molecule has 0 aromatic carbocycles. The van der Waals surface area contributed by atoms with Crippen LogP contribution in [0.15, 0.2) is 46.4 Å². The van der Waals surface area contributed by atoms with Crippen molar-refractivity contribution in [1.82, 2.24) is 5.32 Å². The van der Waals surface area contributed by atoms with Crippen molar-refractivity contribution in [3.8, 4) is 0 Å². The van der Waals surface area contributed by atoms with E-state index in [0.29, 0.717) is 5.76 Å². The Balaban J connectivity index is 1.66. The normalized spacial score (nSPS) is 10.6. The van der Waals surface area contributed by atoms with Crippen molar-refractivity contribution in [2.75, 3.05) is 6.61 Å². The van der Waals surface area contributed by atoms with Gasteiger partial charge in [0.1, 0.15) is 5.76 Å². The molecule has 0 aliphatic carbocycles. The van der Waals surface area contributed by atoms with Crippen molar-refractivity contribution in [2.24, 2.45) is 0 Å². The largest absolute Gasteiger partial charge is 0.467 e. The minimum Gasteiger partial charge on any atom is -0.467 e. The van der Waals surface area contributed by atoms with E-state index in [2.05, 4.69) is 5.32 Å². The zero-order valence-electron chi connectivity index (χ0n) is 10.6. The quantitative estimate of drug-likeness (QED) is 0.654. The number of hydrogen-bond acceptors (Lipinski definition) is 5. The van der Waals surface area contributed by atoms with Crippen LogP contribution in [-0.2, 0) is 20.9 Å². The highest BCUT2D eigenvalue weighted by atomic mass is 32.1. The van der Waals surface area contributed by atoms with Crippen LogP contribution in [0, 0.1) is 0 Å². The van der Waals surface area contributed by atoms with Gasteiger partial charge < -0.3 is 14.5 Å². The SMILES string of the molecule is O=C(COC(=O)/C=C/c1cccs1)NCc1ccco1. The topological polar surface area (TPSA) is 68.5 Å². The highest BCUT2D eigenvalue weighted by Gasteiger charge is 2.05. The number of esters is 1. The molecule has 0 unspecified atom stereocenters. The van der Waals surface area contributed by atoms with Gasteiger partial charge in [-0.3, -0.25) is 4.79 Å². The molecule has 0 aliphatic heterocycles. The first-order valence-electron chi connectivity index (χ1n) is 5.91. The number of hydrogen-bond donors (Lipinski definition) is 1. The predicted molar refractivity (Wildman–Crippen MR) is 74.9 cm³/mol. The third-order valence-corrected chi connectivity index (χ3v) is 3.15. The van der Waals surface area contributed by atoms with Gasteiger partial charge in [-0.1, -0.05) is 6.07 Å². The number of nitrogens with one attached hydrogen (secondary N) is 1. The fourth-order valence-corrected chi connectivity index (χ4v) is 1.99. The first-order valence-corrected chi connectivity index (χ1v) is 6.79. The molecule has 0 aliphatic rings. The summed E-state index contributed by atoms with van der Waals surface area (Å²) < 4.78 is 9.87. The zero-order valence-corrected chi connectivity index (χ0v) is 11.4. The average Bonchev–Trinajstić information content (AvgIpc) is 3.13. The molecular formula is C14H13NO4S. The highest BCUT2D eigenvalue weighted by Crippen LogP contribution is 2.10. The van der Waals surface area contributed by atoms with Crippen molar-refractivity contribution < 1.29 is 18.7 Å². The van der Waals surface area contributed by atoms with Gasteiger partial charge in [0.15, 0.2) is 6.61 Å². The maximum absolute atomic E-state index is 11.4. The molecule has 0 radical (unpaired) electrons. The van der Waals surface area contributed by atoms with Gasteiger partial charge in [0.25, 0.3) is 5.91 Å². The van der Waals surface area contributed by atoms with Crippen molar-refractivity contribution in [2.45, 2.75) is 6.54 Å². The zero-order chi connectivity index (χ0) is 14.2. The summed E-state index contributed by atoms with van der Waals surface area (Å²) in [4.78, 5) is 23.7. The number of thiophene rings is 1. The van der Waals surface area contributed by atoms with Gasteiger partial charge in [-0.2, -0.15) is 0 Å². The third-order valence-electron chi connectivity index (χ3n) is 2.31. The van der Waals surface area contributed by atoms with E-state index in [0.717, 1.165) is 4.88 Å². The second-order valence-corrected chi connectivity index (χ2v) is 4.79. The van der Waals surface area contributed by atoms with Crippen molar-refractivity contribution in [1.29, 1.82) is 0 Å². The summed E-state index contributed by atoms with van der Waals surface area (Å²) in [7, 11) is 0. The molecule has 0 saturated heterocycles. The first kappa shape index (κ1) is 14.1. The van der Waals surface area contributed by atoms with Gasteiger partial charge in [-0.15, -0.1) is 11.3 Å². The molecule has 6 heteroatoms. The van der Waals surface area contributed by atoms with Gasteiger partial charge in [-0.05, 0) is 29.7 Å². The second kappa shape index (κ2) is 7.30. The monoisotopic (exact) mass is 291 g/mol. The number of carbonyl (C=O) groups is 2. The Bertz CT molecular complexity index is 572. The molecule has 0 saturated carbocycles. The lowest BCUT2D eigenvalue weighted by atomic mass is 10.4. The molecule has 0 spiro atoms. The van der Waals surface area contributed by atoms with Gasteiger partial charge in [-0.25, -0.2) is 4.79 Å². The van der Waals surface area contributed by atoms with Crippen LogP contribution in [0.5, 0.6) is 0 Å². The molecule has 104 valence electrons. The fraction of sp³-hybridized carbons (Fsp3) is 0.143. The van der Waals surface area contributed by atoms with E-state index in [9.17, 15) is 9.59 Å². The number of amides is 1. The van der Waals surface area contributed by atoms with Gasteiger partial charge in [0, 0.05) is 11.0 Å². The van der Waals surface area contributed by atoms with Crippen molar-refractivity contribution in [3.63, 3.8) is 0 Å². The Morgan fingerprint density at radius 1 is 1.35 bits per heavy atom. The molecule has 0 fully saturated rings. The second-order valence-electron chi connectivity index (χ2n) is 3.81. The molecule has 1 amide bonds. The van der Waals surface area contributed by atoms with Crippen LogP contribution >= 0.6 is 11.3 Å². The van der Waals surface area contributed by atoms with Crippen LogP contribution in [0.25, 0.3) is 6.08 Å². The van der Waals surface area contributed by atoms with E-state index in [4.69, 9.17) is 9.15 Å². The van der Waals surface area contributed by atoms with E-state index >= 15 is 0 Å². The summed E-state index contributed by atoms with van der Waals surface area (Å²) in [5, 5.41) is 4.49. The molecular weight excluding hydrogens is 278 g/mol. The Hall–Kier alpha value is -2.34. The van der Waals surface area contributed by atoms with Gasteiger partial charge >= 0.3 is 5.97 Å². The summed E-state index contributed by atoms with van der Waals surface area (Å²) in [5.41, 5.74) is 0. The molecule has 20 heavy (non-hydrogen) atoms. The molecule has 1 N–H and O–H groups in total. The summed E-state index contributed by atoms with van der Waals surface area (Å²) in [5.74, 6) is -0.284. The number of furan rings is 1. The lowest BCUT2D eigenvalue weighted by Gasteiger charge is -2.03. The minimum absolute atomic E-state index is 0.272. The van der Waals surface area contributed by atoms with E-state index in [1.54, 1.807) is 18.2 Å².